The molecule has 2 heterocycles. The topological polar surface area (TPSA) is 37.6 Å². The lowest BCUT2D eigenvalue weighted by atomic mass is 9.98. The highest BCUT2D eigenvalue weighted by Gasteiger charge is 2.36. The van der Waals surface area contributed by atoms with Gasteiger partial charge in [-0.2, -0.15) is 0 Å². The van der Waals surface area contributed by atoms with Crippen molar-refractivity contribution >= 4 is 27.5 Å². The predicted molar refractivity (Wildman–Crippen MR) is 117 cm³/mol. The summed E-state index contributed by atoms with van der Waals surface area (Å²) in [6, 6.07) is 15.5. The van der Waals surface area contributed by atoms with Crippen LogP contribution in [0.25, 0.3) is 10.2 Å². The third-order valence-corrected chi connectivity index (χ3v) is 7.51. The number of para-hydroxylation sites is 1. The molecule has 1 aromatic heterocycles. The number of benzene rings is 2. The lowest BCUT2D eigenvalue weighted by Crippen LogP contribution is -3.13. The van der Waals surface area contributed by atoms with Crippen LogP contribution in [0.2, 0.25) is 0 Å². The smallest absolute Gasteiger partial charge is 0.277 e. The van der Waals surface area contributed by atoms with Gasteiger partial charge in [0.05, 0.1) is 21.3 Å². The highest BCUT2D eigenvalue weighted by Crippen LogP contribution is 2.32. The number of hydrogen-bond donors (Lipinski definition) is 1. The minimum absolute atomic E-state index is 0.211. The van der Waals surface area contributed by atoms with E-state index in [2.05, 4.69) is 18.2 Å². The van der Waals surface area contributed by atoms with E-state index in [4.69, 9.17) is 4.98 Å². The normalized spacial score (nSPS) is 20.4. The van der Waals surface area contributed by atoms with Crippen molar-refractivity contribution in [2.75, 3.05) is 19.6 Å². The Hall–Kier alpha value is -2.31. The van der Waals surface area contributed by atoms with Gasteiger partial charge in [-0.15, -0.1) is 11.3 Å². The zero-order valence-electron chi connectivity index (χ0n) is 17.0. The van der Waals surface area contributed by atoms with Gasteiger partial charge in [-0.25, -0.2) is 9.37 Å². The fourth-order valence-corrected chi connectivity index (χ4v) is 5.58. The van der Waals surface area contributed by atoms with Crippen LogP contribution in [-0.2, 0) is 11.3 Å². The summed E-state index contributed by atoms with van der Waals surface area (Å²) in [6.07, 6.45) is 4.48. The largest absolute Gasteiger partial charge is 0.337 e. The van der Waals surface area contributed by atoms with Crippen LogP contribution in [0.5, 0.6) is 0 Å². The summed E-state index contributed by atoms with van der Waals surface area (Å²) in [4.78, 5) is 21.4. The Morgan fingerprint density at radius 3 is 2.70 bits per heavy atom. The molecule has 2 aliphatic rings. The van der Waals surface area contributed by atoms with Crippen molar-refractivity contribution in [3.63, 3.8) is 0 Å². The zero-order valence-corrected chi connectivity index (χ0v) is 17.8. The molecule has 1 saturated carbocycles. The van der Waals surface area contributed by atoms with Crippen LogP contribution in [0.4, 0.5) is 4.39 Å². The first-order valence-corrected chi connectivity index (χ1v) is 11.7. The summed E-state index contributed by atoms with van der Waals surface area (Å²) in [5.41, 5.74) is 2.15. The maximum atomic E-state index is 13.2. The van der Waals surface area contributed by atoms with E-state index < -0.39 is 0 Å². The highest BCUT2D eigenvalue weighted by molar-refractivity contribution is 7.18. The summed E-state index contributed by atoms with van der Waals surface area (Å²) in [5, 5.41) is 1.16. The Bertz CT molecular complexity index is 997. The Kier molecular flexibility index (Phi) is 5.52. The molecule has 5 rings (SSSR count). The Labute approximate surface area is 180 Å². The molecular formula is C24H27FN3OS+. The van der Waals surface area contributed by atoms with E-state index in [1.54, 1.807) is 11.3 Å². The molecule has 2 aromatic carbocycles. The molecule has 1 amide bonds. The third-order valence-electron chi connectivity index (χ3n) is 6.31. The number of hydrogen-bond acceptors (Lipinski definition) is 3. The van der Waals surface area contributed by atoms with Crippen molar-refractivity contribution < 1.29 is 14.1 Å². The molecule has 0 bridgehead atoms. The van der Waals surface area contributed by atoms with E-state index in [1.807, 2.05) is 23.1 Å². The van der Waals surface area contributed by atoms with Crippen molar-refractivity contribution in [2.45, 2.75) is 44.2 Å². The Morgan fingerprint density at radius 2 is 1.93 bits per heavy atom. The van der Waals surface area contributed by atoms with Crippen LogP contribution in [-0.4, -0.2) is 41.5 Å². The number of quaternary nitrogens is 1. The molecule has 1 aliphatic heterocycles. The molecule has 0 radical (unpaired) electrons. The fraction of sp³-hybridized carbons (Fsp3) is 0.417. The molecule has 1 aliphatic carbocycles. The van der Waals surface area contributed by atoms with Crippen LogP contribution >= 0.6 is 11.3 Å². The summed E-state index contributed by atoms with van der Waals surface area (Å²) in [5.74, 6) is 0.364. The number of likely N-dealkylation sites (tertiary alicyclic amines) is 1. The SMILES string of the molecule is O=C(C[NH+](Cc1ccc(F)cc1)C1CC1)N1CCC[C@@H](c2nc3ccccc3s2)C1. The summed E-state index contributed by atoms with van der Waals surface area (Å²) >= 11 is 1.76. The number of carbonyl (C=O) groups excluding carboxylic acids is 1. The number of aromatic nitrogens is 1. The minimum atomic E-state index is -0.211. The minimum Gasteiger partial charge on any atom is -0.337 e. The molecule has 2 fully saturated rings. The van der Waals surface area contributed by atoms with E-state index in [9.17, 15) is 9.18 Å². The second-order valence-electron chi connectivity index (χ2n) is 8.61. The molecule has 3 aromatic rings. The molecule has 4 nitrogen and oxygen atoms in total. The lowest BCUT2D eigenvalue weighted by molar-refractivity contribution is -0.917. The van der Waals surface area contributed by atoms with Crippen LogP contribution in [0.1, 0.15) is 42.2 Å². The number of fused-ring (bicyclic) bond motifs is 1. The molecule has 2 atom stereocenters. The van der Waals surface area contributed by atoms with E-state index in [0.717, 1.165) is 48.6 Å². The number of nitrogens with one attached hydrogen (secondary N) is 1. The molecule has 156 valence electrons. The van der Waals surface area contributed by atoms with E-state index in [-0.39, 0.29) is 11.7 Å². The van der Waals surface area contributed by atoms with Crippen molar-refractivity contribution in [1.82, 2.24) is 9.88 Å². The van der Waals surface area contributed by atoms with Gasteiger partial charge in [-0.3, -0.25) is 4.79 Å². The van der Waals surface area contributed by atoms with Gasteiger partial charge in [0, 0.05) is 37.4 Å². The average Bonchev–Trinajstić information content (AvgIpc) is 3.53. The number of rotatable bonds is 6. The van der Waals surface area contributed by atoms with Crippen LogP contribution < -0.4 is 4.90 Å². The number of amides is 1. The first-order valence-electron chi connectivity index (χ1n) is 10.9. The van der Waals surface area contributed by atoms with Gasteiger partial charge in [-0.1, -0.05) is 24.3 Å². The van der Waals surface area contributed by atoms with Crippen LogP contribution in [0.3, 0.4) is 0 Å². The molecule has 0 spiro atoms. The lowest BCUT2D eigenvalue weighted by Gasteiger charge is -2.32. The maximum absolute atomic E-state index is 13.2. The third kappa shape index (κ3) is 4.40. The molecule has 30 heavy (non-hydrogen) atoms. The number of piperidine rings is 1. The van der Waals surface area contributed by atoms with E-state index >= 15 is 0 Å². The summed E-state index contributed by atoms with van der Waals surface area (Å²) < 4.78 is 14.4. The Morgan fingerprint density at radius 1 is 1.13 bits per heavy atom. The van der Waals surface area contributed by atoms with Gasteiger partial charge in [0.15, 0.2) is 6.54 Å². The number of nitrogens with zero attached hydrogens (tertiary/aromatic N) is 2. The predicted octanol–water partition coefficient (Wildman–Crippen LogP) is 3.39. The summed E-state index contributed by atoms with van der Waals surface area (Å²) in [7, 11) is 0. The van der Waals surface area contributed by atoms with E-state index in [0.29, 0.717) is 18.5 Å². The second kappa shape index (κ2) is 8.44. The first-order chi connectivity index (χ1) is 14.7. The van der Waals surface area contributed by atoms with Gasteiger partial charge in [0.2, 0.25) is 0 Å². The monoisotopic (exact) mass is 424 g/mol. The fourth-order valence-electron chi connectivity index (χ4n) is 4.48. The highest BCUT2D eigenvalue weighted by atomic mass is 32.1. The van der Waals surface area contributed by atoms with Crippen molar-refractivity contribution in [3.8, 4) is 0 Å². The summed E-state index contributed by atoms with van der Waals surface area (Å²) in [6.45, 7) is 2.92. The Balaban J connectivity index is 1.24. The average molecular weight is 425 g/mol. The molecule has 1 unspecified atom stereocenters. The zero-order chi connectivity index (χ0) is 20.5. The number of carbonyl (C=O) groups is 1. The van der Waals surface area contributed by atoms with Gasteiger partial charge in [-0.05, 0) is 37.1 Å². The van der Waals surface area contributed by atoms with E-state index in [1.165, 1.54) is 34.6 Å². The quantitative estimate of drug-likeness (QED) is 0.659. The number of thiazole rings is 1. The van der Waals surface area contributed by atoms with Crippen LogP contribution in [0.15, 0.2) is 48.5 Å². The second-order valence-corrected chi connectivity index (χ2v) is 9.67. The molecule has 1 N–H and O–H groups in total. The van der Waals surface area contributed by atoms with Crippen molar-refractivity contribution in [3.05, 3.63) is 64.9 Å². The molecular weight excluding hydrogens is 397 g/mol. The van der Waals surface area contributed by atoms with Gasteiger partial charge >= 0.3 is 0 Å². The van der Waals surface area contributed by atoms with Gasteiger partial charge < -0.3 is 9.80 Å². The maximum Gasteiger partial charge on any atom is 0.277 e. The number of halogens is 1. The molecule has 6 heteroatoms. The van der Waals surface area contributed by atoms with Crippen LogP contribution in [0, 0.1) is 5.82 Å². The van der Waals surface area contributed by atoms with Crippen molar-refractivity contribution in [1.29, 1.82) is 0 Å². The van der Waals surface area contributed by atoms with Crippen molar-refractivity contribution in [2.24, 2.45) is 0 Å². The molecule has 1 saturated heterocycles. The standard InChI is InChI=1S/C24H26FN3OS/c25-19-9-7-17(8-10-19)14-28(20-11-12-20)16-23(29)27-13-3-4-18(15-27)24-26-21-5-1-2-6-22(21)30-24/h1-2,5-10,18,20H,3-4,11-16H2/p+1/t18-/m1/s1. The van der Waals surface area contributed by atoms with Gasteiger partial charge in [0.25, 0.3) is 5.91 Å². The first kappa shape index (κ1) is 19.6. The van der Waals surface area contributed by atoms with Gasteiger partial charge in [0.1, 0.15) is 12.4 Å².